The van der Waals surface area contributed by atoms with Crippen molar-refractivity contribution in [3.05, 3.63) is 51.5 Å². The van der Waals surface area contributed by atoms with Crippen LogP contribution in [0.2, 0.25) is 0 Å². The summed E-state index contributed by atoms with van der Waals surface area (Å²) in [4.78, 5) is 5.54. The Morgan fingerprint density at radius 1 is 0.933 bits per heavy atom. The molecule has 0 N–H and O–H groups in total. The second-order valence-corrected chi connectivity index (χ2v) is 5.68. The van der Waals surface area contributed by atoms with Gasteiger partial charge in [-0.2, -0.15) is 0 Å². The summed E-state index contributed by atoms with van der Waals surface area (Å²) >= 11 is 8.41. The smallest absolute Gasteiger partial charge is 0.107 e. The maximum atomic E-state index is 4.36. The molecular formula is C11H7Br2NS. The van der Waals surface area contributed by atoms with Crippen LogP contribution in [0.25, 0.3) is 0 Å². The zero-order chi connectivity index (χ0) is 10.7. The average molecular weight is 345 g/mol. The van der Waals surface area contributed by atoms with Crippen LogP contribution < -0.4 is 0 Å². The number of halogens is 2. The molecule has 2 rings (SSSR count). The number of hydrogen-bond donors (Lipinski definition) is 0. The van der Waals surface area contributed by atoms with Gasteiger partial charge in [0.15, 0.2) is 0 Å². The first-order valence-corrected chi connectivity index (χ1v) is 6.70. The van der Waals surface area contributed by atoms with Gasteiger partial charge < -0.3 is 0 Å². The van der Waals surface area contributed by atoms with Gasteiger partial charge in [0, 0.05) is 9.37 Å². The van der Waals surface area contributed by atoms with Crippen molar-refractivity contribution in [3.63, 3.8) is 0 Å². The van der Waals surface area contributed by atoms with Crippen molar-refractivity contribution in [2.24, 2.45) is 0 Å². The minimum absolute atomic E-state index is 0.865. The van der Waals surface area contributed by atoms with Gasteiger partial charge in [-0.05, 0) is 52.3 Å². The Kier molecular flexibility index (Phi) is 3.83. The average Bonchev–Trinajstić information content (AvgIpc) is 2.22. The lowest BCUT2D eigenvalue weighted by Crippen LogP contribution is -1.79. The lowest BCUT2D eigenvalue weighted by molar-refractivity contribution is 1.10. The van der Waals surface area contributed by atoms with Crippen LogP contribution in [-0.4, -0.2) is 4.98 Å². The first-order valence-electron chi connectivity index (χ1n) is 4.30. The fourth-order valence-electron chi connectivity index (χ4n) is 1.07. The predicted octanol–water partition coefficient (Wildman–Crippen LogP) is 4.76. The lowest BCUT2D eigenvalue weighted by atomic mass is 10.4. The summed E-state index contributed by atoms with van der Waals surface area (Å²) in [6.45, 7) is 0. The van der Waals surface area contributed by atoms with Crippen LogP contribution in [0.4, 0.5) is 0 Å². The number of aromatic nitrogens is 1. The Hall–Kier alpha value is -0.320. The number of pyridine rings is 1. The third-order valence-corrected chi connectivity index (χ3v) is 3.64. The molecule has 0 atom stereocenters. The summed E-state index contributed by atoms with van der Waals surface area (Å²) in [6.07, 6.45) is 0. The van der Waals surface area contributed by atoms with Crippen LogP contribution in [-0.2, 0) is 0 Å². The van der Waals surface area contributed by atoms with Crippen molar-refractivity contribution in [3.8, 4) is 0 Å². The van der Waals surface area contributed by atoms with Crippen molar-refractivity contribution >= 4 is 43.6 Å². The summed E-state index contributed by atoms with van der Waals surface area (Å²) in [5, 5.41) is 0.992. The highest BCUT2D eigenvalue weighted by molar-refractivity contribution is 9.10. The van der Waals surface area contributed by atoms with E-state index in [2.05, 4.69) is 49.0 Å². The third kappa shape index (κ3) is 3.33. The van der Waals surface area contributed by atoms with E-state index in [1.807, 2.05) is 30.3 Å². The van der Waals surface area contributed by atoms with Gasteiger partial charge in [0.1, 0.15) is 9.63 Å². The number of nitrogens with zero attached hydrogens (tertiary/aromatic N) is 1. The van der Waals surface area contributed by atoms with Gasteiger partial charge in [0.05, 0.1) is 0 Å². The molecule has 0 aliphatic rings. The monoisotopic (exact) mass is 343 g/mol. The molecule has 0 amide bonds. The van der Waals surface area contributed by atoms with Gasteiger partial charge in [-0.25, -0.2) is 4.98 Å². The Balaban J connectivity index is 2.18. The van der Waals surface area contributed by atoms with Crippen molar-refractivity contribution < 1.29 is 0 Å². The van der Waals surface area contributed by atoms with Gasteiger partial charge in [-0.1, -0.05) is 33.8 Å². The van der Waals surface area contributed by atoms with Gasteiger partial charge in [0.25, 0.3) is 0 Å². The molecule has 76 valence electrons. The summed E-state index contributed by atoms with van der Waals surface area (Å²) in [5.41, 5.74) is 0. The Labute approximate surface area is 110 Å². The summed E-state index contributed by atoms with van der Waals surface area (Å²) in [6, 6.07) is 14.1. The Morgan fingerprint density at radius 2 is 1.67 bits per heavy atom. The molecule has 1 aromatic heterocycles. The summed E-state index contributed by atoms with van der Waals surface area (Å²) in [5.74, 6) is 0. The van der Waals surface area contributed by atoms with E-state index < -0.39 is 0 Å². The third-order valence-electron chi connectivity index (χ3n) is 1.73. The SMILES string of the molecule is Brc1ccc(Sc2cccc(Br)n2)cc1. The first-order chi connectivity index (χ1) is 7.24. The Bertz CT molecular complexity index is 456. The van der Waals surface area contributed by atoms with E-state index in [-0.39, 0.29) is 0 Å². The first kappa shape index (κ1) is 11.2. The molecule has 0 saturated heterocycles. The van der Waals surface area contributed by atoms with Crippen LogP contribution in [0.15, 0.2) is 61.5 Å². The minimum Gasteiger partial charge on any atom is -0.234 e. The Morgan fingerprint density at radius 3 is 2.33 bits per heavy atom. The van der Waals surface area contributed by atoms with Crippen molar-refractivity contribution in [2.75, 3.05) is 0 Å². The molecule has 0 bridgehead atoms. The topological polar surface area (TPSA) is 12.9 Å². The minimum atomic E-state index is 0.865. The summed E-state index contributed by atoms with van der Waals surface area (Å²) < 4.78 is 1.96. The van der Waals surface area contributed by atoms with Crippen molar-refractivity contribution in [1.82, 2.24) is 4.98 Å². The zero-order valence-electron chi connectivity index (χ0n) is 7.65. The molecule has 0 unspecified atom stereocenters. The molecule has 2 aromatic rings. The molecule has 15 heavy (non-hydrogen) atoms. The standard InChI is InChI=1S/C11H7Br2NS/c12-8-4-6-9(7-5-8)15-11-3-1-2-10(13)14-11/h1-7H. The maximum absolute atomic E-state index is 4.36. The molecule has 0 saturated carbocycles. The number of benzene rings is 1. The molecule has 0 spiro atoms. The van der Waals surface area contributed by atoms with Crippen LogP contribution in [0.3, 0.4) is 0 Å². The number of rotatable bonds is 2. The molecule has 1 heterocycles. The second-order valence-electron chi connectivity index (χ2n) is 2.85. The highest BCUT2D eigenvalue weighted by Crippen LogP contribution is 2.27. The normalized spacial score (nSPS) is 10.3. The highest BCUT2D eigenvalue weighted by atomic mass is 79.9. The fraction of sp³-hybridized carbons (Fsp3) is 0. The number of hydrogen-bond acceptors (Lipinski definition) is 2. The van der Waals surface area contributed by atoms with E-state index in [9.17, 15) is 0 Å². The molecule has 1 nitrogen and oxygen atoms in total. The van der Waals surface area contributed by atoms with E-state index in [1.165, 1.54) is 4.90 Å². The van der Waals surface area contributed by atoms with Gasteiger partial charge >= 0.3 is 0 Å². The van der Waals surface area contributed by atoms with E-state index in [4.69, 9.17) is 0 Å². The largest absolute Gasteiger partial charge is 0.234 e. The zero-order valence-corrected chi connectivity index (χ0v) is 11.6. The fourth-order valence-corrected chi connectivity index (χ4v) is 2.60. The lowest BCUT2D eigenvalue weighted by Gasteiger charge is -2.01. The summed E-state index contributed by atoms with van der Waals surface area (Å²) in [7, 11) is 0. The molecule has 0 aliphatic heterocycles. The second kappa shape index (κ2) is 5.14. The maximum Gasteiger partial charge on any atom is 0.107 e. The van der Waals surface area contributed by atoms with Crippen LogP contribution in [0.5, 0.6) is 0 Å². The quantitative estimate of drug-likeness (QED) is 0.728. The van der Waals surface area contributed by atoms with Crippen LogP contribution in [0.1, 0.15) is 0 Å². The van der Waals surface area contributed by atoms with Crippen molar-refractivity contribution in [1.29, 1.82) is 0 Å². The highest BCUT2D eigenvalue weighted by Gasteiger charge is 1.99. The molecule has 0 aliphatic carbocycles. The van der Waals surface area contributed by atoms with E-state index in [0.717, 1.165) is 14.1 Å². The molecule has 4 heteroatoms. The van der Waals surface area contributed by atoms with E-state index in [0.29, 0.717) is 0 Å². The molecule has 0 radical (unpaired) electrons. The molecule has 0 fully saturated rings. The van der Waals surface area contributed by atoms with Gasteiger partial charge in [-0.3, -0.25) is 0 Å². The van der Waals surface area contributed by atoms with Crippen molar-refractivity contribution in [2.45, 2.75) is 9.92 Å². The molecular weight excluding hydrogens is 338 g/mol. The van der Waals surface area contributed by atoms with Gasteiger partial charge in [-0.15, -0.1) is 0 Å². The predicted molar refractivity (Wildman–Crippen MR) is 70.2 cm³/mol. The van der Waals surface area contributed by atoms with Crippen LogP contribution in [0, 0.1) is 0 Å². The van der Waals surface area contributed by atoms with Crippen LogP contribution >= 0.6 is 43.6 Å². The van der Waals surface area contributed by atoms with Gasteiger partial charge in [0.2, 0.25) is 0 Å². The van der Waals surface area contributed by atoms with E-state index >= 15 is 0 Å². The van der Waals surface area contributed by atoms with E-state index in [1.54, 1.807) is 11.8 Å². The molecule has 1 aromatic carbocycles.